The van der Waals surface area contributed by atoms with Crippen LogP contribution in [0.3, 0.4) is 0 Å². The second-order valence-electron chi connectivity index (χ2n) is 5.30. The first kappa shape index (κ1) is 13.3. The SMILES string of the molecule is O=C(O)[C@@H]1CCCN1C(=O)CNC1CCCCC1. The van der Waals surface area contributed by atoms with Crippen molar-refractivity contribution in [1.29, 1.82) is 0 Å². The zero-order valence-electron chi connectivity index (χ0n) is 10.7. The van der Waals surface area contributed by atoms with Crippen molar-refractivity contribution in [3.05, 3.63) is 0 Å². The molecule has 1 atom stereocenters. The topological polar surface area (TPSA) is 69.6 Å². The molecule has 2 rings (SSSR count). The van der Waals surface area contributed by atoms with E-state index in [9.17, 15) is 9.59 Å². The highest BCUT2D eigenvalue weighted by Crippen LogP contribution is 2.19. The number of amides is 1. The summed E-state index contributed by atoms with van der Waals surface area (Å²) in [6.45, 7) is 0.872. The molecule has 18 heavy (non-hydrogen) atoms. The molecule has 2 fully saturated rings. The fourth-order valence-corrected chi connectivity index (χ4v) is 2.96. The Labute approximate surface area is 108 Å². The Balaban J connectivity index is 1.78. The van der Waals surface area contributed by atoms with Crippen LogP contribution in [0.2, 0.25) is 0 Å². The fraction of sp³-hybridized carbons (Fsp3) is 0.846. The Morgan fingerprint density at radius 1 is 1.11 bits per heavy atom. The molecule has 1 saturated carbocycles. The van der Waals surface area contributed by atoms with Crippen LogP contribution in [0.1, 0.15) is 44.9 Å². The summed E-state index contributed by atoms with van der Waals surface area (Å²) in [7, 11) is 0. The lowest BCUT2D eigenvalue weighted by molar-refractivity contribution is -0.147. The van der Waals surface area contributed by atoms with Gasteiger partial charge < -0.3 is 15.3 Å². The lowest BCUT2D eigenvalue weighted by atomic mass is 9.95. The van der Waals surface area contributed by atoms with Crippen molar-refractivity contribution in [1.82, 2.24) is 10.2 Å². The van der Waals surface area contributed by atoms with E-state index < -0.39 is 12.0 Å². The number of aliphatic carboxylic acids is 1. The molecule has 1 aliphatic carbocycles. The van der Waals surface area contributed by atoms with Crippen LogP contribution in [0.25, 0.3) is 0 Å². The predicted octanol–water partition coefficient (Wildman–Crippen LogP) is 0.984. The van der Waals surface area contributed by atoms with Crippen molar-refractivity contribution < 1.29 is 14.7 Å². The van der Waals surface area contributed by atoms with Gasteiger partial charge in [-0.2, -0.15) is 0 Å². The molecule has 0 bridgehead atoms. The zero-order valence-corrected chi connectivity index (χ0v) is 10.7. The van der Waals surface area contributed by atoms with Crippen molar-refractivity contribution in [2.24, 2.45) is 0 Å². The number of carboxylic acid groups (broad SMARTS) is 1. The number of rotatable bonds is 4. The molecule has 1 amide bonds. The molecule has 0 spiro atoms. The van der Waals surface area contributed by atoms with E-state index in [0.29, 0.717) is 19.0 Å². The minimum absolute atomic E-state index is 0.0644. The molecule has 1 saturated heterocycles. The third-order valence-electron chi connectivity index (χ3n) is 4.01. The summed E-state index contributed by atoms with van der Waals surface area (Å²) in [6.07, 6.45) is 7.40. The Kier molecular flexibility index (Phi) is 4.58. The molecule has 1 heterocycles. The minimum atomic E-state index is -0.876. The molecule has 2 N–H and O–H groups in total. The molecule has 102 valence electrons. The molecule has 5 nitrogen and oxygen atoms in total. The molecular weight excluding hydrogens is 232 g/mol. The van der Waals surface area contributed by atoms with Gasteiger partial charge in [-0.25, -0.2) is 4.79 Å². The summed E-state index contributed by atoms with van der Waals surface area (Å²) in [5.74, 6) is -0.941. The van der Waals surface area contributed by atoms with Crippen molar-refractivity contribution in [3.8, 4) is 0 Å². The second kappa shape index (κ2) is 6.18. The van der Waals surface area contributed by atoms with Crippen molar-refractivity contribution in [3.63, 3.8) is 0 Å². The summed E-state index contributed by atoms with van der Waals surface area (Å²) in [5.41, 5.74) is 0. The first-order valence-corrected chi connectivity index (χ1v) is 6.94. The standard InChI is InChI=1S/C13H22N2O3/c16-12(9-14-10-5-2-1-3-6-10)15-8-4-7-11(15)13(17)18/h10-11,14H,1-9H2,(H,17,18)/t11-/m0/s1. The van der Waals surface area contributed by atoms with E-state index in [2.05, 4.69) is 5.32 Å². The second-order valence-corrected chi connectivity index (χ2v) is 5.30. The van der Waals surface area contributed by atoms with Crippen LogP contribution < -0.4 is 5.32 Å². The Morgan fingerprint density at radius 3 is 2.50 bits per heavy atom. The molecule has 1 aliphatic heterocycles. The highest BCUT2D eigenvalue weighted by Gasteiger charge is 2.33. The number of carbonyl (C=O) groups is 2. The smallest absolute Gasteiger partial charge is 0.326 e. The molecule has 5 heteroatoms. The van der Waals surface area contributed by atoms with Gasteiger partial charge in [-0.1, -0.05) is 19.3 Å². The third-order valence-corrected chi connectivity index (χ3v) is 4.01. The van der Waals surface area contributed by atoms with E-state index in [4.69, 9.17) is 5.11 Å². The highest BCUT2D eigenvalue weighted by molar-refractivity contribution is 5.85. The highest BCUT2D eigenvalue weighted by atomic mass is 16.4. The van der Waals surface area contributed by atoms with Crippen molar-refractivity contribution in [2.45, 2.75) is 57.0 Å². The van der Waals surface area contributed by atoms with Crippen LogP contribution in [0.15, 0.2) is 0 Å². The zero-order chi connectivity index (χ0) is 13.0. The Morgan fingerprint density at radius 2 is 1.83 bits per heavy atom. The van der Waals surface area contributed by atoms with Gasteiger partial charge in [-0.3, -0.25) is 4.79 Å². The molecule has 0 unspecified atom stereocenters. The third kappa shape index (κ3) is 3.22. The monoisotopic (exact) mass is 254 g/mol. The maximum absolute atomic E-state index is 12.0. The first-order chi connectivity index (χ1) is 8.68. The van der Waals surface area contributed by atoms with Gasteiger partial charge in [-0.15, -0.1) is 0 Å². The van der Waals surface area contributed by atoms with Gasteiger partial charge in [0.25, 0.3) is 0 Å². The maximum atomic E-state index is 12.0. The summed E-state index contributed by atoms with van der Waals surface area (Å²) < 4.78 is 0. The van der Waals surface area contributed by atoms with E-state index in [-0.39, 0.29) is 12.5 Å². The molecule has 2 aliphatic rings. The minimum Gasteiger partial charge on any atom is -0.480 e. The van der Waals surface area contributed by atoms with Crippen LogP contribution in [-0.2, 0) is 9.59 Å². The predicted molar refractivity (Wildman–Crippen MR) is 67.2 cm³/mol. The van der Waals surface area contributed by atoms with E-state index in [0.717, 1.165) is 19.3 Å². The fourth-order valence-electron chi connectivity index (χ4n) is 2.96. The van der Waals surface area contributed by atoms with Gasteiger partial charge in [0.15, 0.2) is 0 Å². The summed E-state index contributed by atoms with van der Waals surface area (Å²) >= 11 is 0. The van der Waals surface area contributed by atoms with Crippen molar-refractivity contribution in [2.75, 3.05) is 13.1 Å². The lowest BCUT2D eigenvalue weighted by Gasteiger charge is -2.25. The lowest BCUT2D eigenvalue weighted by Crippen LogP contribution is -2.46. The number of nitrogens with zero attached hydrogens (tertiary/aromatic N) is 1. The van der Waals surface area contributed by atoms with E-state index >= 15 is 0 Å². The van der Waals surface area contributed by atoms with Gasteiger partial charge in [0.05, 0.1) is 6.54 Å². The number of carboxylic acids is 1. The first-order valence-electron chi connectivity index (χ1n) is 6.94. The van der Waals surface area contributed by atoms with E-state index in [1.807, 2.05) is 0 Å². The summed E-state index contributed by atoms with van der Waals surface area (Å²) in [6, 6.07) is -0.167. The quantitative estimate of drug-likeness (QED) is 0.785. The van der Waals surface area contributed by atoms with Crippen LogP contribution >= 0.6 is 0 Å². The van der Waals surface area contributed by atoms with Crippen molar-refractivity contribution >= 4 is 11.9 Å². The number of carbonyl (C=O) groups excluding carboxylic acids is 1. The summed E-state index contributed by atoms with van der Waals surface area (Å²) in [4.78, 5) is 24.5. The van der Waals surface area contributed by atoms with Gasteiger partial charge in [-0.05, 0) is 25.7 Å². The average Bonchev–Trinajstić information content (AvgIpc) is 2.86. The summed E-state index contributed by atoms with van der Waals surface area (Å²) in [5, 5.41) is 12.3. The largest absolute Gasteiger partial charge is 0.480 e. The molecule has 0 radical (unpaired) electrons. The van der Waals surface area contributed by atoms with Gasteiger partial charge in [0.1, 0.15) is 6.04 Å². The van der Waals surface area contributed by atoms with Gasteiger partial charge >= 0.3 is 5.97 Å². The maximum Gasteiger partial charge on any atom is 0.326 e. The number of hydrogen-bond donors (Lipinski definition) is 2. The van der Waals surface area contributed by atoms with Crippen LogP contribution in [0.4, 0.5) is 0 Å². The Hall–Kier alpha value is -1.10. The normalized spacial score (nSPS) is 25.3. The molecule has 0 aromatic rings. The molecular formula is C13H22N2O3. The average molecular weight is 254 g/mol. The van der Waals surface area contributed by atoms with Gasteiger partial charge in [0, 0.05) is 12.6 Å². The molecule has 0 aromatic heterocycles. The van der Waals surface area contributed by atoms with Crippen LogP contribution in [-0.4, -0.2) is 47.1 Å². The van der Waals surface area contributed by atoms with Gasteiger partial charge in [0.2, 0.25) is 5.91 Å². The van der Waals surface area contributed by atoms with E-state index in [1.54, 1.807) is 0 Å². The number of hydrogen-bond acceptors (Lipinski definition) is 3. The number of nitrogens with one attached hydrogen (secondary N) is 1. The van der Waals surface area contributed by atoms with Crippen LogP contribution in [0, 0.1) is 0 Å². The Bertz CT molecular complexity index is 313. The number of likely N-dealkylation sites (tertiary alicyclic amines) is 1. The molecule has 0 aromatic carbocycles. The van der Waals surface area contributed by atoms with Crippen LogP contribution in [0.5, 0.6) is 0 Å². The van der Waals surface area contributed by atoms with E-state index in [1.165, 1.54) is 24.2 Å².